The molecule has 1 fully saturated rings. The van der Waals surface area contributed by atoms with Crippen molar-refractivity contribution in [3.05, 3.63) is 0 Å². The Morgan fingerprint density at radius 3 is 2.07 bits per heavy atom. The first-order valence-electron chi connectivity index (χ1n) is 13.8. The van der Waals surface area contributed by atoms with Crippen molar-refractivity contribution in [1.29, 1.82) is 0 Å². The maximum atomic E-state index is 13.1. The van der Waals surface area contributed by atoms with Gasteiger partial charge in [-0.3, -0.25) is 38.6 Å². The van der Waals surface area contributed by atoms with E-state index in [1.165, 1.54) is 20.8 Å². The summed E-state index contributed by atoms with van der Waals surface area (Å²) in [5.41, 5.74) is 16.1. The first-order valence-corrected chi connectivity index (χ1v) is 13.8. The zero-order chi connectivity index (χ0) is 31.8. The van der Waals surface area contributed by atoms with Gasteiger partial charge in [-0.05, 0) is 52.4 Å². The Morgan fingerprint density at radius 1 is 0.857 bits per heavy atom. The van der Waals surface area contributed by atoms with Crippen molar-refractivity contribution in [2.75, 3.05) is 13.1 Å². The van der Waals surface area contributed by atoms with Crippen LogP contribution < -0.4 is 49.1 Å². The van der Waals surface area contributed by atoms with Gasteiger partial charge in [-0.1, -0.05) is 0 Å². The molecule has 1 saturated heterocycles. The molecule has 1 rings (SSSR count). The van der Waals surface area contributed by atoms with Gasteiger partial charge in [0.2, 0.25) is 41.4 Å². The van der Waals surface area contributed by atoms with Gasteiger partial charge in [0.15, 0.2) is 5.96 Å². The van der Waals surface area contributed by atoms with Gasteiger partial charge in [0.1, 0.15) is 30.2 Å². The van der Waals surface area contributed by atoms with E-state index in [0.717, 1.165) is 0 Å². The SMILES string of the molecule is CC(=O)N[C@H]1CCCCNC(=O)CC[C@@H](C(N)=O)NC(=O)[C@H](C)NC(=O)[C@H](CCCN=C(N)N)NC(=O)[C@H](C)NC1=O. The lowest BCUT2D eigenvalue weighted by atomic mass is 10.1. The van der Waals surface area contributed by atoms with Gasteiger partial charge < -0.3 is 49.1 Å². The molecule has 0 aromatic rings. The number of amides is 7. The summed E-state index contributed by atoms with van der Waals surface area (Å²) in [4.78, 5) is 91.3. The third kappa shape index (κ3) is 13.8. The lowest BCUT2D eigenvalue weighted by Crippen LogP contribution is -2.58. The second kappa shape index (κ2) is 18.1. The van der Waals surface area contributed by atoms with Crippen LogP contribution in [0.2, 0.25) is 0 Å². The van der Waals surface area contributed by atoms with E-state index >= 15 is 0 Å². The number of rotatable bonds is 6. The number of hydrogen-bond acceptors (Lipinski definition) is 8. The summed E-state index contributed by atoms with van der Waals surface area (Å²) in [7, 11) is 0. The van der Waals surface area contributed by atoms with Crippen LogP contribution in [0.3, 0.4) is 0 Å². The molecule has 5 atom stereocenters. The number of nitrogens with zero attached hydrogens (tertiary/aromatic N) is 1. The van der Waals surface area contributed by atoms with Crippen LogP contribution in [0.1, 0.15) is 65.7 Å². The molecular weight excluding hydrogens is 552 g/mol. The average molecular weight is 597 g/mol. The summed E-state index contributed by atoms with van der Waals surface area (Å²) in [5, 5.41) is 15.3. The number of carbonyl (C=O) groups excluding carboxylic acids is 7. The largest absolute Gasteiger partial charge is 0.370 e. The minimum absolute atomic E-state index is 0.0697. The summed E-state index contributed by atoms with van der Waals surface area (Å²) in [6.07, 6.45) is 1.36. The molecule has 0 aromatic carbocycles. The Morgan fingerprint density at radius 2 is 1.48 bits per heavy atom. The topological polar surface area (TPSA) is 282 Å². The van der Waals surface area contributed by atoms with E-state index in [2.05, 4.69) is 36.9 Å². The predicted octanol–water partition coefficient (Wildman–Crippen LogP) is -3.91. The average Bonchev–Trinajstić information content (AvgIpc) is 2.90. The van der Waals surface area contributed by atoms with E-state index < -0.39 is 65.7 Å². The minimum atomic E-state index is -1.16. The van der Waals surface area contributed by atoms with Crippen LogP contribution in [0.15, 0.2) is 4.99 Å². The second-order valence-corrected chi connectivity index (χ2v) is 10.1. The molecule has 7 amide bonds. The summed E-state index contributed by atoms with van der Waals surface area (Å²) in [6.45, 7) is 4.48. The molecule has 0 spiro atoms. The fourth-order valence-electron chi connectivity index (χ4n) is 3.99. The number of primary amides is 1. The lowest BCUT2D eigenvalue weighted by Gasteiger charge is -2.24. The van der Waals surface area contributed by atoms with E-state index in [1.807, 2.05) is 0 Å². The van der Waals surface area contributed by atoms with Crippen molar-refractivity contribution in [2.24, 2.45) is 22.2 Å². The van der Waals surface area contributed by atoms with E-state index in [1.54, 1.807) is 0 Å². The van der Waals surface area contributed by atoms with Gasteiger partial charge >= 0.3 is 0 Å². The molecule has 0 saturated carbocycles. The number of guanidine groups is 1. The monoisotopic (exact) mass is 596 g/mol. The Kier molecular flexibility index (Phi) is 15.3. The Balaban J connectivity index is 3.19. The number of carbonyl (C=O) groups is 7. The van der Waals surface area contributed by atoms with Gasteiger partial charge in [0.25, 0.3) is 0 Å². The van der Waals surface area contributed by atoms with Crippen LogP contribution in [-0.4, -0.2) is 90.6 Å². The van der Waals surface area contributed by atoms with Crippen molar-refractivity contribution in [3.8, 4) is 0 Å². The molecule has 12 N–H and O–H groups in total. The third-order valence-electron chi connectivity index (χ3n) is 6.34. The molecule has 17 heteroatoms. The maximum absolute atomic E-state index is 13.1. The zero-order valence-electron chi connectivity index (χ0n) is 24.3. The van der Waals surface area contributed by atoms with Crippen molar-refractivity contribution >= 4 is 47.3 Å². The molecule has 0 bridgehead atoms. The first-order chi connectivity index (χ1) is 19.7. The van der Waals surface area contributed by atoms with Crippen LogP contribution in [0.4, 0.5) is 0 Å². The van der Waals surface area contributed by atoms with Gasteiger partial charge in [0, 0.05) is 26.4 Å². The van der Waals surface area contributed by atoms with E-state index in [4.69, 9.17) is 17.2 Å². The summed E-state index contributed by atoms with van der Waals surface area (Å²) in [5.74, 6) is -4.54. The van der Waals surface area contributed by atoms with Gasteiger partial charge in [-0.15, -0.1) is 0 Å². The smallest absolute Gasteiger partial charge is 0.243 e. The molecule has 42 heavy (non-hydrogen) atoms. The highest BCUT2D eigenvalue weighted by atomic mass is 16.2. The predicted molar refractivity (Wildman–Crippen MR) is 152 cm³/mol. The van der Waals surface area contributed by atoms with Crippen LogP contribution in [0, 0.1) is 0 Å². The van der Waals surface area contributed by atoms with E-state index in [9.17, 15) is 33.6 Å². The van der Waals surface area contributed by atoms with Crippen molar-refractivity contribution in [2.45, 2.75) is 95.9 Å². The minimum Gasteiger partial charge on any atom is -0.370 e. The first kappa shape index (κ1) is 35.6. The fraction of sp³-hybridized carbons (Fsp3) is 0.680. The van der Waals surface area contributed by atoms with Crippen LogP contribution in [0.25, 0.3) is 0 Å². The summed E-state index contributed by atoms with van der Waals surface area (Å²) in [6, 6.07) is -5.47. The number of aliphatic imine (C=N–C) groups is 1. The zero-order valence-corrected chi connectivity index (χ0v) is 24.3. The number of hydrogen-bond donors (Lipinski definition) is 9. The molecular formula is C25H44N10O7. The van der Waals surface area contributed by atoms with E-state index in [-0.39, 0.29) is 57.1 Å². The highest BCUT2D eigenvalue weighted by Gasteiger charge is 2.29. The second-order valence-electron chi connectivity index (χ2n) is 10.1. The number of nitrogens with one attached hydrogen (secondary N) is 6. The van der Waals surface area contributed by atoms with Crippen LogP contribution >= 0.6 is 0 Å². The Labute approximate surface area is 244 Å². The highest BCUT2D eigenvalue weighted by Crippen LogP contribution is 2.05. The van der Waals surface area contributed by atoms with Crippen molar-refractivity contribution in [3.63, 3.8) is 0 Å². The molecule has 1 aliphatic heterocycles. The molecule has 1 aliphatic rings. The molecule has 1 heterocycles. The van der Waals surface area contributed by atoms with Crippen molar-refractivity contribution < 1.29 is 33.6 Å². The molecule has 0 aromatic heterocycles. The highest BCUT2D eigenvalue weighted by molar-refractivity contribution is 5.96. The molecule has 17 nitrogen and oxygen atoms in total. The third-order valence-corrected chi connectivity index (χ3v) is 6.34. The quantitative estimate of drug-likeness (QED) is 0.0821. The van der Waals surface area contributed by atoms with Crippen LogP contribution in [0.5, 0.6) is 0 Å². The Hall–Kier alpha value is -4.44. The molecule has 0 unspecified atom stereocenters. The standard InChI is InChI=1S/C25H44N10O7/c1-13-21(39)34-16(20(26)38)9-10-19(37)29-11-5-4-7-17(33-15(3)36)23(41)31-14(2)22(40)35-18(24(42)32-13)8-6-12-30-25(27)28/h13-14,16-18H,4-12H2,1-3H3,(H2,26,38)(H,29,37)(H,31,41)(H,32,42)(H,33,36)(H,34,39)(H,35,40)(H4,27,28,30)/t13-,14-,16-,17-,18-/m0/s1. The summed E-state index contributed by atoms with van der Waals surface area (Å²) < 4.78 is 0. The van der Waals surface area contributed by atoms with Crippen molar-refractivity contribution in [1.82, 2.24) is 31.9 Å². The van der Waals surface area contributed by atoms with Gasteiger partial charge in [-0.2, -0.15) is 0 Å². The number of nitrogens with two attached hydrogens (primary N) is 3. The lowest BCUT2D eigenvalue weighted by molar-refractivity contribution is -0.134. The van der Waals surface area contributed by atoms with Gasteiger partial charge in [-0.25, -0.2) is 0 Å². The molecule has 0 radical (unpaired) electrons. The maximum Gasteiger partial charge on any atom is 0.243 e. The van der Waals surface area contributed by atoms with E-state index in [0.29, 0.717) is 12.8 Å². The Bertz CT molecular complexity index is 1030. The fourth-order valence-corrected chi connectivity index (χ4v) is 3.99. The normalized spacial score (nSPS) is 25.7. The molecule has 0 aliphatic carbocycles. The van der Waals surface area contributed by atoms with Gasteiger partial charge in [0.05, 0.1) is 0 Å². The summed E-state index contributed by atoms with van der Waals surface area (Å²) >= 11 is 0. The van der Waals surface area contributed by atoms with Crippen LogP contribution in [-0.2, 0) is 33.6 Å². The molecule has 236 valence electrons.